The fourth-order valence-electron chi connectivity index (χ4n) is 9.56. The number of nitrogens with two attached hydrogens (primary N) is 1. The molecule has 5 rings (SSSR count). The van der Waals surface area contributed by atoms with E-state index in [2.05, 4.69) is 78.9 Å². The van der Waals surface area contributed by atoms with Gasteiger partial charge in [0.15, 0.2) is 0 Å². The topological polar surface area (TPSA) is 152 Å². The van der Waals surface area contributed by atoms with Crippen LogP contribution in [0, 0.1) is 29.6 Å². The van der Waals surface area contributed by atoms with Crippen LogP contribution >= 0.6 is 0 Å². The molecule has 9 atom stereocenters. The summed E-state index contributed by atoms with van der Waals surface area (Å²) in [7, 11) is 0. The van der Waals surface area contributed by atoms with Gasteiger partial charge >= 0.3 is 5.97 Å². The molecule has 0 amide bonds. The van der Waals surface area contributed by atoms with Crippen molar-refractivity contribution in [2.75, 3.05) is 6.54 Å². The number of hydrogen-bond acceptors (Lipinski definition) is 6. The number of aromatic amines is 1. The molecule has 0 spiro atoms. The van der Waals surface area contributed by atoms with Crippen LogP contribution in [0.1, 0.15) is 133 Å². The van der Waals surface area contributed by atoms with E-state index >= 15 is 0 Å². The predicted molar refractivity (Wildman–Crippen MR) is 218 cm³/mol. The molecule has 1 aliphatic heterocycles. The van der Waals surface area contributed by atoms with Crippen LogP contribution in [-0.4, -0.2) is 55.7 Å². The smallest absolute Gasteiger partial charge is 0.309 e. The van der Waals surface area contributed by atoms with Crippen LogP contribution in [0.4, 0.5) is 0 Å². The molecule has 298 valence electrons. The average molecular weight is 744 g/mol. The zero-order chi connectivity index (χ0) is 38.5. The van der Waals surface area contributed by atoms with Gasteiger partial charge in [0.25, 0.3) is 0 Å². The van der Waals surface area contributed by atoms with Crippen molar-refractivity contribution in [1.82, 2.24) is 10.3 Å². The van der Waals surface area contributed by atoms with Gasteiger partial charge in [0, 0.05) is 24.4 Å². The number of carboxylic acid groups (broad SMARTS) is 1. The average Bonchev–Trinajstić information content (AvgIpc) is 3.74. The summed E-state index contributed by atoms with van der Waals surface area (Å²) in [6.45, 7) is 5.16. The number of aliphatic hydroxyl groups is 3. The molecule has 0 bridgehead atoms. The third-order valence-electron chi connectivity index (χ3n) is 12.8. The number of nitrogens with one attached hydrogen (secondary N) is 2. The fraction of sp³-hybridized carbons (Fsp3) is 0.630. The zero-order valence-electron chi connectivity index (χ0n) is 33.0. The Morgan fingerprint density at radius 2 is 1.81 bits per heavy atom. The van der Waals surface area contributed by atoms with Gasteiger partial charge in [0.2, 0.25) is 0 Å². The molecule has 1 fully saturated rings. The number of aliphatic carboxylic acids is 1. The molecule has 1 saturated carbocycles. The molecule has 9 unspecified atom stereocenters. The first-order chi connectivity index (χ1) is 26.0. The highest BCUT2D eigenvalue weighted by Crippen LogP contribution is 2.47. The van der Waals surface area contributed by atoms with Crippen molar-refractivity contribution in [2.45, 2.75) is 147 Å². The maximum absolute atomic E-state index is 12.4. The van der Waals surface area contributed by atoms with Gasteiger partial charge in [-0.05, 0) is 123 Å². The Balaban J connectivity index is 1.14. The van der Waals surface area contributed by atoms with Crippen LogP contribution < -0.4 is 11.1 Å². The van der Waals surface area contributed by atoms with Crippen molar-refractivity contribution >= 4 is 5.97 Å². The van der Waals surface area contributed by atoms with E-state index in [0.29, 0.717) is 56.3 Å². The van der Waals surface area contributed by atoms with Crippen molar-refractivity contribution < 1.29 is 25.2 Å². The summed E-state index contributed by atoms with van der Waals surface area (Å²) in [6.07, 6.45) is 23.5. The quantitative estimate of drug-likeness (QED) is 0.0473. The van der Waals surface area contributed by atoms with E-state index < -0.39 is 23.6 Å². The Morgan fingerprint density at radius 3 is 2.56 bits per heavy atom. The lowest BCUT2D eigenvalue weighted by Crippen LogP contribution is -2.37. The van der Waals surface area contributed by atoms with Gasteiger partial charge in [0.1, 0.15) is 0 Å². The molecule has 8 nitrogen and oxygen atoms in total. The lowest BCUT2D eigenvalue weighted by Gasteiger charge is -2.32. The summed E-state index contributed by atoms with van der Waals surface area (Å²) in [6, 6.07) is 12.8. The molecule has 8 heteroatoms. The van der Waals surface area contributed by atoms with Crippen LogP contribution in [0.15, 0.2) is 78.3 Å². The number of aromatic nitrogens is 1. The number of rotatable bonds is 22. The molecule has 1 aromatic heterocycles. The maximum atomic E-state index is 12.4. The van der Waals surface area contributed by atoms with Crippen molar-refractivity contribution in [2.24, 2.45) is 35.3 Å². The van der Waals surface area contributed by atoms with E-state index in [1.54, 1.807) is 0 Å². The highest BCUT2D eigenvalue weighted by molar-refractivity contribution is 5.70. The van der Waals surface area contributed by atoms with E-state index in [1.165, 1.54) is 36.0 Å². The normalized spacial score (nSPS) is 27.2. The number of H-pyrrole nitrogens is 1. The monoisotopic (exact) mass is 744 g/mol. The third-order valence-corrected chi connectivity index (χ3v) is 12.8. The second kappa shape index (κ2) is 20.5. The third kappa shape index (κ3) is 12.3. The zero-order valence-corrected chi connectivity index (χ0v) is 33.0. The molecule has 1 aromatic carbocycles. The van der Waals surface area contributed by atoms with E-state index in [1.807, 2.05) is 12.1 Å². The van der Waals surface area contributed by atoms with Gasteiger partial charge < -0.3 is 36.5 Å². The number of hydrogen-bond donors (Lipinski definition) is 7. The van der Waals surface area contributed by atoms with E-state index in [-0.39, 0.29) is 30.3 Å². The van der Waals surface area contributed by atoms with Crippen molar-refractivity contribution in [1.29, 1.82) is 0 Å². The number of carbonyl (C=O) groups is 1. The van der Waals surface area contributed by atoms with Crippen LogP contribution in [-0.2, 0) is 17.6 Å². The Hall–Kier alpha value is -3.33. The first-order valence-electron chi connectivity index (χ1n) is 21.1. The maximum Gasteiger partial charge on any atom is 0.309 e. The van der Waals surface area contributed by atoms with Gasteiger partial charge in [-0.25, -0.2) is 0 Å². The Kier molecular flexibility index (Phi) is 15.9. The van der Waals surface area contributed by atoms with Crippen molar-refractivity contribution in [3.05, 3.63) is 95.1 Å². The van der Waals surface area contributed by atoms with Crippen LogP contribution in [0.3, 0.4) is 0 Å². The lowest BCUT2D eigenvalue weighted by molar-refractivity contribution is -0.146. The molecule has 2 heterocycles. The molecule has 2 aromatic rings. The van der Waals surface area contributed by atoms with Crippen LogP contribution in [0.25, 0.3) is 0 Å². The predicted octanol–water partition coefficient (Wildman–Crippen LogP) is 8.31. The highest BCUT2D eigenvalue weighted by Gasteiger charge is 2.46. The Morgan fingerprint density at radius 1 is 1.02 bits per heavy atom. The molecule has 3 aliphatic rings. The summed E-state index contributed by atoms with van der Waals surface area (Å²) < 4.78 is 0. The van der Waals surface area contributed by atoms with Crippen molar-refractivity contribution in [3.8, 4) is 0 Å². The molecule has 0 radical (unpaired) electrons. The minimum Gasteiger partial charge on any atom is -0.481 e. The molecular weight excluding hydrogens is 675 g/mol. The van der Waals surface area contributed by atoms with E-state index in [0.717, 1.165) is 57.1 Å². The molecule has 8 N–H and O–H groups in total. The Labute approximate surface area is 324 Å². The number of aliphatic hydroxyl groups excluding tert-OH is 2. The SMILES string of the molecule is CCCCCC1C=CC(CCCCCC(C(=O)O)C(O)CCC2(O)CC(CC3=CCNC(N)=C3)CC2Cc2cc(C(C)Cc3ccccc3)c[nH]2)C(O)C1. The second-order valence-electron chi connectivity index (χ2n) is 17.1. The van der Waals surface area contributed by atoms with Gasteiger partial charge in [-0.2, -0.15) is 0 Å². The molecule has 2 aliphatic carbocycles. The first-order valence-corrected chi connectivity index (χ1v) is 21.1. The number of dihydropyridines is 1. The number of carboxylic acids is 1. The van der Waals surface area contributed by atoms with Gasteiger partial charge in [0.05, 0.1) is 29.5 Å². The van der Waals surface area contributed by atoms with E-state index in [9.17, 15) is 25.2 Å². The number of unbranched alkanes of at least 4 members (excludes halogenated alkanes) is 4. The van der Waals surface area contributed by atoms with Crippen LogP contribution in [0.5, 0.6) is 0 Å². The second-order valence-corrected chi connectivity index (χ2v) is 17.1. The summed E-state index contributed by atoms with van der Waals surface area (Å²) in [5, 5.41) is 47.6. The standard InChI is InChI=1S/C46H69N3O5/c1-3-4-7-12-34-17-18-37(43(51)26-34)15-10-6-11-16-41(45(52)53)42(50)19-21-46(54)30-36(24-35-20-22-48-44(47)27-35)25-39(46)29-40-28-38(31-49-40)32(2)23-33-13-8-5-9-14-33/h5,8-9,13-14,17-18,20,27-28,31-32,34,36-37,39,41-43,48-51,54H,3-4,6-7,10-12,15-16,19,21-26,29-30,47H2,1-2H3,(H,52,53). The summed E-state index contributed by atoms with van der Waals surface area (Å²) in [5.41, 5.74) is 9.91. The number of allylic oxidation sites excluding steroid dienone is 3. The molecular formula is C46H69N3O5. The van der Waals surface area contributed by atoms with Crippen LogP contribution in [0.2, 0.25) is 0 Å². The Bertz CT molecular complexity index is 1530. The van der Waals surface area contributed by atoms with Gasteiger partial charge in [-0.1, -0.05) is 101 Å². The minimum atomic E-state index is -1.02. The molecule has 0 saturated heterocycles. The highest BCUT2D eigenvalue weighted by atomic mass is 16.4. The molecule has 54 heavy (non-hydrogen) atoms. The minimum absolute atomic E-state index is 0.0200. The van der Waals surface area contributed by atoms with Gasteiger partial charge in [-0.3, -0.25) is 4.79 Å². The fourth-order valence-corrected chi connectivity index (χ4v) is 9.56. The summed E-state index contributed by atoms with van der Waals surface area (Å²) >= 11 is 0. The largest absolute Gasteiger partial charge is 0.481 e. The van der Waals surface area contributed by atoms with Crippen molar-refractivity contribution in [3.63, 3.8) is 0 Å². The summed E-state index contributed by atoms with van der Waals surface area (Å²) in [4.78, 5) is 15.9. The number of benzene rings is 1. The lowest BCUT2D eigenvalue weighted by atomic mass is 9.80. The van der Waals surface area contributed by atoms with Gasteiger partial charge in [-0.15, -0.1) is 0 Å². The van der Waals surface area contributed by atoms with E-state index in [4.69, 9.17) is 5.73 Å². The first kappa shape index (κ1) is 41.8. The summed E-state index contributed by atoms with van der Waals surface area (Å²) in [5.74, 6) is 0.0747.